The maximum atomic E-state index is 15.2. The van der Waals surface area contributed by atoms with E-state index in [1.165, 1.54) is 31.2 Å². The van der Waals surface area contributed by atoms with Crippen molar-refractivity contribution >= 4 is 34.3 Å². The van der Waals surface area contributed by atoms with Gasteiger partial charge in [0, 0.05) is 24.7 Å². The van der Waals surface area contributed by atoms with E-state index in [1.807, 2.05) is 0 Å². The van der Waals surface area contributed by atoms with Crippen molar-refractivity contribution < 1.29 is 27.5 Å². The number of pyridine rings is 1. The molecular formula is C24H22F2N6O4. The number of carbonyl (C=O) groups is 1. The zero-order valence-electron chi connectivity index (χ0n) is 19.7. The number of rotatable bonds is 8. The smallest absolute Gasteiger partial charge is 0.247 e. The zero-order chi connectivity index (χ0) is 25.6. The summed E-state index contributed by atoms with van der Waals surface area (Å²) in [5, 5.41) is 9.98. The van der Waals surface area contributed by atoms with Crippen LogP contribution in [0, 0.1) is 11.6 Å². The number of nitrogens with zero attached hydrogens (tertiary/aromatic N) is 4. The van der Waals surface area contributed by atoms with Gasteiger partial charge in [-0.05, 0) is 18.9 Å². The lowest BCUT2D eigenvalue weighted by molar-refractivity contribution is -0.111. The minimum atomic E-state index is -1.09. The summed E-state index contributed by atoms with van der Waals surface area (Å²) in [5.74, 6) is -1.39. The second kappa shape index (κ2) is 8.63. The molecule has 3 heterocycles. The first-order chi connectivity index (χ1) is 17.3. The van der Waals surface area contributed by atoms with Gasteiger partial charge in [-0.2, -0.15) is 5.10 Å². The number of hydrogen-bond donors (Lipinski definition) is 2. The average Bonchev–Trinajstić information content (AvgIpc) is 3.42. The molecule has 4 aromatic rings. The molecule has 0 bridgehead atoms. The zero-order valence-corrected chi connectivity index (χ0v) is 19.7. The molecule has 12 heteroatoms. The summed E-state index contributed by atoms with van der Waals surface area (Å²) >= 11 is 0. The molecule has 1 aliphatic carbocycles. The Balaban J connectivity index is 1.51. The van der Waals surface area contributed by atoms with Crippen LogP contribution >= 0.6 is 0 Å². The van der Waals surface area contributed by atoms with Gasteiger partial charge in [-0.3, -0.25) is 9.48 Å². The van der Waals surface area contributed by atoms with E-state index >= 15 is 8.78 Å². The summed E-state index contributed by atoms with van der Waals surface area (Å²) in [6.45, 7) is 3.44. The molecule has 2 N–H and O–H groups in total. The van der Waals surface area contributed by atoms with Crippen molar-refractivity contribution in [1.29, 1.82) is 0 Å². The first kappa shape index (κ1) is 23.3. The van der Waals surface area contributed by atoms with Crippen molar-refractivity contribution in [3.05, 3.63) is 60.3 Å². The van der Waals surface area contributed by atoms with Gasteiger partial charge in [-0.15, -0.1) is 0 Å². The van der Waals surface area contributed by atoms with E-state index in [0.717, 1.165) is 6.08 Å². The average molecular weight is 496 g/mol. The van der Waals surface area contributed by atoms with Crippen LogP contribution in [0.15, 0.2) is 41.6 Å². The van der Waals surface area contributed by atoms with Crippen LogP contribution < -0.4 is 20.1 Å². The quantitative estimate of drug-likeness (QED) is 0.349. The Morgan fingerprint density at radius 1 is 1.22 bits per heavy atom. The van der Waals surface area contributed by atoms with E-state index in [2.05, 4.69) is 32.3 Å². The van der Waals surface area contributed by atoms with E-state index in [9.17, 15) is 4.79 Å². The molecule has 0 saturated heterocycles. The van der Waals surface area contributed by atoms with Gasteiger partial charge in [0.15, 0.2) is 34.5 Å². The van der Waals surface area contributed by atoms with Gasteiger partial charge in [0.05, 0.1) is 32.0 Å². The predicted molar refractivity (Wildman–Crippen MR) is 127 cm³/mol. The lowest BCUT2D eigenvalue weighted by Crippen LogP contribution is -2.16. The van der Waals surface area contributed by atoms with E-state index in [-0.39, 0.29) is 28.9 Å². The molecule has 1 aromatic carbocycles. The van der Waals surface area contributed by atoms with Crippen molar-refractivity contribution in [3.63, 3.8) is 0 Å². The van der Waals surface area contributed by atoms with Gasteiger partial charge in [-0.1, -0.05) is 6.58 Å². The number of anilines is 3. The van der Waals surface area contributed by atoms with Crippen LogP contribution in [0.5, 0.6) is 11.5 Å². The number of fused-ring (bicyclic) bond motifs is 1. The lowest BCUT2D eigenvalue weighted by atomic mass is 9.93. The van der Waals surface area contributed by atoms with Crippen LogP contribution in [0.1, 0.15) is 24.3 Å². The van der Waals surface area contributed by atoms with Crippen LogP contribution in [-0.4, -0.2) is 39.9 Å². The molecule has 186 valence electrons. The van der Waals surface area contributed by atoms with Crippen LogP contribution in [0.2, 0.25) is 0 Å². The monoisotopic (exact) mass is 496 g/mol. The SMILES string of the molecule is C=CC(=O)Nc1cn(C)nc1Nc1cc2nc(C3(c4c(F)c(OC)cc(OC)c4F)CC3)oc2cn1. The topological polar surface area (TPSA) is 116 Å². The number of benzene rings is 1. The normalized spacial score (nSPS) is 13.9. The van der Waals surface area contributed by atoms with E-state index in [1.54, 1.807) is 19.3 Å². The highest BCUT2D eigenvalue weighted by Crippen LogP contribution is 2.57. The molecule has 1 amide bonds. The van der Waals surface area contributed by atoms with Gasteiger partial charge in [0.2, 0.25) is 11.8 Å². The van der Waals surface area contributed by atoms with Crippen molar-refractivity contribution in [2.45, 2.75) is 18.3 Å². The number of methoxy groups -OCH3 is 2. The van der Waals surface area contributed by atoms with Gasteiger partial charge < -0.3 is 24.5 Å². The van der Waals surface area contributed by atoms with Gasteiger partial charge in [-0.25, -0.2) is 18.7 Å². The van der Waals surface area contributed by atoms with Crippen molar-refractivity contribution in [3.8, 4) is 11.5 Å². The fourth-order valence-corrected chi connectivity index (χ4v) is 4.09. The molecule has 1 fully saturated rings. The summed E-state index contributed by atoms with van der Waals surface area (Å²) in [5.41, 5.74) is -0.0884. The number of aryl methyl sites for hydroxylation is 1. The second-order valence-electron chi connectivity index (χ2n) is 8.31. The third-order valence-corrected chi connectivity index (χ3v) is 6.01. The molecule has 1 saturated carbocycles. The number of ether oxygens (including phenoxy) is 2. The fraction of sp³-hybridized carbons (Fsp3) is 0.250. The second-order valence-corrected chi connectivity index (χ2v) is 8.31. The highest BCUT2D eigenvalue weighted by Gasteiger charge is 2.54. The molecule has 0 radical (unpaired) electrons. The standard InChI is InChI=1S/C24H22F2N6O4/c1-5-18(33)28-13-11-32(2)31-22(13)30-17-8-12-16(10-27-17)36-23(29-12)24(6-7-24)19-20(25)14(34-3)9-15(35-4)21(19)26/h5,8-11H,1,6-7H2,2-4H3,(H,28,33)(H,27,30,31). The summed E-state index contributed by atoms with van der Waals surface area (Å²) < 4.78 is 48.1. The molecule has 3 aromatic heterocycles. The molecule has 5 rings (SSSR count). The number of halogens is 2. The largest absolute Gasteiger partial charge is 0.494 e. The predicted octanol–water partition coefficient (Wildman–Crippen LogP) is 4.20. The highest BCUT2D eigenvalue weighted by molar-refractivity contribution is 6.00. The van der Waals surface area contributed by atoms with Crippen molar-refractivity contribution in [2.24, 2.45) is 7.05 Å². The third-order valence-electron chi connectivity index (χ3n) is 6.01. The third kappa shape index (κ3) is 3.80. The van der Waals surface area contributed by atoms with Crippen molar-refractivity contribution in [1.82, 2.24) is 19.7 Å². The van der Waals surface area contributed by atoms with E-state index in [0.29, 0.717) is 41.3 Å². The molecule has 0 spiro atoms. The number of hydrogen-bond acceptors (Lipinski definition) is 8. The number of oxazole rings is 1. The molecule has 36 heavy (non-hydrogen) atoms. The number of nitrogens with one attached hydrogen (secondary N) is 2. The Kier molecular flexibility index (Phi) is 5.58. The van der Waals surface area contributed by atoms with E-state index in [4.69, 9.17) is 13.9 Å². The Labute approximate surface area is 203 Å². The fourth-order valence-electron chi connectivity index (χ4n) is 4.09. The number of amides is 1. The van der Waals surface area contributed by atoms with Gasteiger partial charge in [0.25, 0.3) is 0 Å². The first-order valence-electron chi connectivity index (χ1n) is 10.9. The lowest BCUT2D eigenvalue weighted by Gasteiger charge is -2.17. The Hall–Kier alpha value is -4.48. The number of aromatic nitrogens is 4. The highest BCUT2D eigenvalue weighted by atomic mass is 19.1. The minimum absolute atomic E-state index is 0.131. The van der Waals surface area contributed by atoms with Crippen molar-refractivity contribution in [2.75, 3.05) is 24.9 Å². The summed E-state index contributed by atoms with van der Waals surface area (Å²) in [4.78, 5) is 20.6. The Morgan fingerprint density at radius 2 is 1.92 bits per heavy atom. The Morgan fingerprint density at radius 3 is 2.53 bits per heavy atom. The molecule has 0 atom stereocenters. The molecule has 0 unspecified atom stereocenters. The molecule has 0 aliphatic heterocycles. The van der Waals surface area contributed by atoms with Crippen LogP contribution in [0.4, 0.5) is 26.1 Å². The van der Waals surface area contributed by atoms with Crippen LogP contribution in [-0.2, 0) is 17.3 Å². The van der Waals surface area contributed by atoms with Crippen LogP contribution in [0.3, 0.4) is 0 Å². The summed E-state index contributed by atoms with van der Waals surface area (Å²) in [7, 11) is 4.30. The summed E-state index contributed by atoms with van der Waals surface area (Å²) in [6, 6.07) is 2.78. The maximum absolute atomic E-state index is 15.2. The number of carbonyl (C=O) groups excluding carboxylic acids is 1. The Bertz CT molecular complexity index is 1480. The first-order valence-corrected chi connectivity index (χ1v) is 10.9. The molecule has 1 aliphatic rings. The van der Waals surface area contributed by atoms with Crippen LogP contribution in [0.25, 0.3) is 11.1 Å². The van der Waals surface area contributed by atoms with Gasteiger partial charge in [0.1, 0.15) is 17.0 Å². The van der Waals surface area contributed by atoms with E-state index < -0.39 is 17.0 Å². The summed E-state index contributed by atoms with van der Waals surface area (Å²) in [6.07, 6.45) is 5.09. The minimum Gasteiger partial charge on any atom is -0.494 e. The molecular weight excluding hydrogens is 474 g/mol. The molecule has 10 nitrogen and oxygen atoms in total. The maximum Gasteiger partial charge on any atom is 0.247 e. The van der Waals surface area contributed by atoms with Gasteiger partial charge >= 0.3 is 0 Å².